The summed E-state index contributed by atoms with van der Waals surface area (Å²) in [6.45, 7) is 0. The van der Waals surface area contributed by atoms with Gasteiger partial charge in [-0.25, -0.2) is 0 Å². The van der Waals surface area contributed by atoms with Crippen molar-refractivity contribution >= 4 is 34.9 Å². The topological polar surface area (TPSA) is 182 Å². The summed E-state index contributed by atoms with van der Waals surface area (Å²) in [6.07, 6.45) is -5.17. The van der Waals surface area contributed by atoms with Gasteiger partial charge in [0, 0.05) is 5.92 Å². The van der Waals surface area contributed by atoms with E-state index in [0.717, 1.165) is 24.3 Å². The van der Waals surface area contributed by atoms with E-state index in [-0.39, 0.29) is 22.3 Å². The average molecular weight is 587 g/mol. The summed E-state index contributed by atoms with van der Waals surface area (Å²) in [5.41, 5.74) is -0.349. The highest BCUT2D eigenvalue weighted by Gasteiger charge is 2.68. The Morgan fingerprint density at radius 1 is 1.05 bits per heavy atom. The van der Waals surface area contributed by atoms with Gasteiger partial charge in [-0.2, -0.15) is 13.2 Å². The van der Waals surface area contributed by atoms with Gasteiger partial charge in [-0.15, -0.1) is 0 Å². The molecule has 0 aromatic heterocycles. The van der Waals surface area contributed by atoms with Gasteiger partial charge in [0.2, 0.25) is 5.78 Å². The van der Waals surface area contributed by atoms with Gasteiger partial charge in [0.25, 0.3) is 5.91 Å². The molecule has 0 saturated heterocycles. The molecule has 0 unspecified atom stereocenters. The number of Topliss-reactive ketones (excluding diaryl/α,β-unsaturated/α-hetero) is 2. The zero-order chi connectivity index (χ0) is 31.0. The van der Waals surface area contributed by atoms with Crippen molar-refractivity contribution < 1.29 is 53.1 Å². The first-order valence-electron chi connectivity index (χ1n) is 12.6. The fourth-order valence-electron chi connectivity index (χ4n) is 6.26. The molecule has 13 heteroatoms. The van der Waals surface area contributed by atoms with E-state index >= 15 is 0 Å². The van der Waals surface area contributed by atoms with E-state index in [0.29, 0.717) is 0 Å². The number of benzene rings is 2. The molecule has 1 fully saturated rings. The summed E-state index contributed by atoms with van der Waals surface area (Å²) in [4.78, 5) is 40.8. The lowest BCUT2D eigenvalue weighted by atomic mass is 9.55. The molecule has 3 aliphatic rings. The molecule has 0 bridgehead atoms. The van der Waals surface area contributed by atoms with Crippen LogP contribution in [0.2, 0.25) is 0 Å². The van der Waals surface area contributed by atoms with Crippen LogP contribution in [-0.2, 0) is 20.6 Å². The van der Waals surface area contributed by atoms with Gasteiger partial charge in [-0.05, 0) is 49.0 Å². The number of likely N-dealkylation sites (N-methyl/N-ethyl adjacent to an activating group) is 1. The van der Waals surface area contributed by atoms with Crippen LogP contribution in [0.15, 0.2) is 59.4 Å². The van der Waals surface area contributed by atoms with Gasteiger partial charge in [0.05, 0.1) is 34.8 Å². The number of aliphatic hydroxyl groups excluding tert-OH is 3. The lowest BCUT2D eigenvalue weighted by Gasteiger charge is -2.53. The Hall–Kier alpha value is -4.46. The van der Waals surface area contributed by atoms with Crippen LogP contribution in [-0.4, -0.2) is 79.7 Å². The third kappa shape index (κ3) is 3.95. The number of halogens is 3. The SMILES string of the molecule is CN(C)[C@H]1C(=O)C(C(N)=O)=C(O)[C@]2(O)C(=O)C3=C(O)c4c(O)cccc4/C(=C\c4ccc(C(F)(F)F)cc4)[C@@H]3[C@@H](O)[C@H]12. The quantitative estimate of drug-likeness (QED) is 0.293. The molecule has 2 aromatic carbocycles. The number of aromatic hydroxyl groups is 1. The van der Waals surface area contributed by atoms with E-state index in [4.69, 9.17) is 5.73 Å². The molecule has 2 aromatic rings. The number of hydrogen-bond donors (Lipinski definition) is 6. The first-order chi connectivity index (χ1) is 19.5. The average Bonchev–Trinajstić information content (AvgIpc) is 2.89. The number of nitrogens with zero attached hydrogens (tertiary/aromatic N) is 1. The minimum Gasteiger partial charge on any atom is -0.508 e. The number of hydrogen-bond acceptors (Lipinski definition) is 9. The van der Waals surface area contributed by atoms with Crippen molar-refractivity contribution in [2.45, 2.75) is 23.9 Å². The third-order valence-corrected chi connectivity index (χ3v) is 8.09. The van der Waals surface area contributed by atoms with E-state index < -0.39 is 87.2 Å². The highest BCUT2D eigenvalue weighted by molar-refractivity contribution is 6.25. The molecule has 3 aliphatic carbocycles. The van der Waals surface area contributed by atoms with Crippen LogP contribution in [0.5, 0.6) is 5.75 Å². The number of amides is 1. The number of fused-ring (bicyclic) bond motifs is 3. The summed E-state index contributed by atoms with van der Waals surface area (Å²) in [5.74, 6) is -9.91. The molecular weight excluding hydrogens is 561 g/mol. The summed E-state index contributed by atoms with van der Waals surface area (Å²) >= 11 is 0. The number of carbonyl (C=O) groups excluding carboxylic acids is 3. The van der Waals surface area contributed by atoms with Gasteiger partial charge < -0.3 is 31.3 Å². The van der Waals surface area contributed by atoms with Crippen LogP contribution in [0.3, 0.4) is 0 Å². The molecule has 42 heavy (non-hydrogen) atoms. The molecule has 0 aliphatic heterocycles. The zero-order valence-corrected chi connectivity index (χ0v) is 22.0. The van der Waals surface area contributed by atoms with Gasteiger partial charge in [0.15, 0.2) is 11.4 Å². The zero-order valence-electron chi connectivity index (χ0n) is 22.0. The second-order valence-corrected chi connectivity index (χ2v) is 10.6. The fraction of sp³-hybridized carbons (Fsp3) is 0.276. The summed E-state index contributed by atoms with van der Waals surface area (Å²) in [6, 6.07) is 6.40. The monoisotopic (exact) mass is 586 g/mol. The number of carbonyl (C=O) groups is 3. The van der Waals surface area contributed by atoms with Gasteiger partial charge in [-0.3, -0.25) is 19.3 Å². The second kappa shape index (κ2) is 9.54. The van der Waals surface area contributed by atoms with E-state index in [1.807, 2.05) is 0 Å². The van der Waals surface area contributed by atoms with Crippen molar-refractivity contribution in [1.82, 2.24) is 4.90 Å². The molecular formula is C29H25F3N2O8. The molecule has 1 amide bonds. The van der Waals surface area contributed by atoms with Crippen molar-refractivity contribution in [1.29, 1.82) is 0 Å². The summed E-state index contributed by atoms with van der Waals surface area (Å²) in [5, 5.41) is 56.5. The normalized spacial score (nSPS) is 28.6. The molecule has 0 radical (unpaired) electrons. The van der Waals surface area contributed by atoms with Crippen LogP contribution in [0.25, 0.3) is 17.4 Å². The summed E-state index contributed by atoms with van der Waals surface area (Å²) < 4.78 is 39.5. The minimum absolute atomic E-state index is 0.0606. The number of alkyl halides is 3. The Labute approximate surface area is 236 Å². The second-order valence-electron chi connectivity index (χ2n) is 10.6. The number of aliphatic hydroxyl groups is 4. The van der Waals surface area contributed by atoms with E-state index in [2.05, 4.69) is 0 Å². The Bertz CT molecular complexity index is 1640. The van der Waals surface area contributed by atoms with Gasteiger partial charge in [-0.1, -0.05) is 30.3 Å². The highest BCUT2D eigenvalue weighted by Crippen LogP contribution is 2.56. The van der Waals surface area contributed by atoms with Crippen LogP contribution in [0.4, 0.5) is 13.2 Å². The van der Waals surface area contributed by atoms with Crippen LogP contribution in [0, 0.1) is 11.8 Å². The first kappa shape index (κ1) is 29.0. The van der Waals surface area contributed by atoms with Crippen molar-refractivity contribution in [3.8, 4) is 5.75 Å². The minimum atomic E-state index is -4.61. The Balaban J connectivity index is 1.81. The lowest BCUT2D eigenvalue weighted by molar-refractivity contribution is -0.166. The summed E-state index contributed by atoms with van der Waals surface area (Å²) in [7, 11) is 2.74. The van der Waals surface area contributed by atoms with Crippen molar-refractivity contribution in [3.63, 3.8) is 0 Å². The highest BCUT2D eigenvalue weighted by atomic mass is 19.4. The maximum atomic E-state index is 14.1. The van der Waals surface area contributed by atoms with Crippen LogP contribution >= 0.6 is 0 Å². The Morgan fingerprint density at radius 2 is 1.67 bits per heavy atom. The van der Waals surface area contributed by atoms with E-state index in [9.17, 15) is 53.1 Å². The molecule has 220 valence electrons. The fourth-order valence-corrected chi connectivity index (χ4v) is 6.26. The van der Waals surface area contributed by atoms with Crippen LogP contribution in [0.1, 0.15) is 22.3 Å². The molecule has 5 rings (SSSR count). The molecule has 0 spiro atoms. The molecule has 5 atom stereocenters. The molecule has 0 heterocycles. The van der Waals surface area contributed by atoms with E-state index in [1.165, 1.54) is 43.3 Å². The van der Waals surface area contributed by atoms with Gasteiger partial charge >= 0.3 is 6.18 Å². The maximum Gasteiger partial charge on any atom is 0.416 e. The number of nitrogens with two attached hydrogens (primary N) is 1. The van der Waals surface area contributed by atoms with Crippen molar-refractivity contribution in [2.24, 2.45) is 17.6 Å². The smallest absolute Gasteiger partial charge is 0.416 e. The Morgan fingerprint density at radius 3 is 2.21 bits per heavy atom. The van der Waals surface area contributed by atoms with Crippen molar-refractivity contribution in [3.05, 3.63) is 81.6 Å². The predicted octanol–water partition coefficient (Wildman–Crippen LogP) is 1.95. The number of rotatable bonds is 3. The molecule has 10 nitrogen and oxygen atoms in total. The Kier molecular flexibility index (Phi) is 6.60. The van der Waals surface area contributed by atoms with Gasteiger partial charge in [0.1, 0.15) is 22.8 Å². The molecule has 7 N–H and O–H groups in total. The largest absolute Gasteiger partial charge is 0.508 e. The number of ketones is 2. The standard InChI is InChI=1S/C29H25F3N2O8/c1-34(2)21-20-23(37)17-14(10-11-6-8-12(9-7-11)29(30,31)32)13-4-3-5-15(35)16(13)22(36)18(17)25(39)28(20,42)26(40)19(24(21)38)27(33)41/h3-10,17,20-21,23,35-37,40,42H,1-2H3,(H2,33,41)/b14-10+/t17-,20-,21+,23+,28+/m0/s1. The molecule has 1 saturated carbocycles. The number of primary amides is 1. The predicted molar refractivity (Wildman–Crippen MR) is 141 cm³/mol. The maximum absolute atomic E-state index is 14.1. The van der Waals surface area contributed by atoms with E-state index in [1.54, 1.807) is 0 Å². The third-order valence-electron chi connectivity index (χ3n) is 8.09. The van der Waals surface area contributed by atoms with Crippen LogP contribution < -0.4 is 5.73 Å². The number of phenolic OH excluding ortho intramolecular Hbond substituents is 1. The van der Waals surface area contributed by atoms with Crippen molar-refractivity contribution in [2.75, 3.05) is 14.1 Å². The lowest BCUT2D eigenvalue weighted by Crippen LogP contribution is -2.70. The number of phenols is 1. The first-order valence-corrected chi connectivity index (χ1v) is 12.6.